The number of morpholine rings is 1. The molecule has 2 atom stereocenters. The van der Waals surface area contributed by atoms with E-state index in [1.165, 1.54) is 0 Å². The molecule has 51 heavy (non-hydrogen) atoms. The number of nitrogens with one attached hydrogen (secondary N) is 1. The molecule has 0 bridgehead atoms. The monoisotopic (exact) mass is 723 g/mol. The van der Waals surface area contributed by atoms with Gasteiger partial charge in [-0.2, -0.15) is 15.1 Å². The van der Waals surface area contributed by atoms with Gasteiger partial charge in [-0.25, -0.2) is 4.39 Å². The van der Waals surface area contributed by atoms with Gasteiger partial charge in [-0.1, -0.05) is 39.3 Å². The van der Waals surface area contributed by atoms with Crippen LogP contribution in [0.5, 0.6) is 6.01 Å². The van der Waals surface area contributed by atoms with Crippen LogP contribution < -0.4 is 9.64 Å². The highest BCUT2D eigenvalue weighted by atomic mass is 35.5. The zero-order valence-corrected chi connectivity index (χ0v) is 31.2. The van der Waals surface area contributed by atoms with E-state index >= 15 is 4.39 Å². The molecule has 1 spiro atoms. The number of halogens is 2. The number of hydrogen-bond donors (Lipinski definition) is 2. The number of aliphatic hydroxyl groups is 1. The van der Waals surface area contributed by atoms with Crippen molar-refractivity contribution in [2.75, 3.05) is 58.0 Å². The maximum Gasteiger partial charge on any atom is 0.319 e. The van der Waals surface area contributed by atoms with Crippen molar-refractivity contribution >= 4 is 39.2 Å². The lowest BCUT2D eigenvalue weighted by Gasteiger charge is -2.51. The van der Waals surface area contributed by atoms with Crippen LogP contribution in [0.3, 0.4) is 0 Å². The fraction of sp³-hybridized carbons (Fsp3) is 0.632. The second-order valence-corrected chi connectivity index (χ2v) is 14.7. The van der Waals surface area contributed by atoms with E-state index in [1.54, 1.807) is 19.5 Å². The van der Waals surface area contributed by atoms with Crippen LogP contribution in [0.15, 0.2) is 18.5 Å². The van der Waals surface area contributed by atoms with Crippen LogP contribution in [-0.2, 0) is 9.47 Å². The number of ether oxygens (including phenoxy) is 3. The summed E-state index contributed by atoms with van der Waals surface area (Å²) in [4.78, 5) is 19.1. The van der Waals surface area contributed by atoms with Crippen molar-refractivity contribution in [1.82, 2.24) is 30.0 Å². The molecule has 1 aromatic carbocycles. The molecule has 2 aliphatic carbocycles. The number of benzene rings is 1. The number of nitrogens with zero attached hydrogens (tertiary/aromatic N) is 6. The van der Waals surface area contributed by atoms with Crippen molar-refractivity contribution in [2.45, 2.75) is 95.8 Å². The average Bonchev–Trinajstić information content (AvgIpc) is 3.41. The third-order valence-electron chi connectivity index (χ3n) is 11.3. The van der Waals surface area contributed by atoms with E-state index in [4.69, 9.17) is 40.8 Å². The number of rotatable bonds is 8. The Morgan fingerprint density at radius 2 is 1.84 bits per heavy atom. The van der Waals surface area contributed by atoms with Crippen molar-refractivity contribution in [3.8, 4) is 17.3 Å². The maximum atomic E-state index is 17.2. The first-order valence-corrected chi connectivity index (χ1v) is 19.2. The summed E-state index contributed by atoms with van der Waals surface area (Å²) < 4.78 is 35.2. The minimum atomic E-state index is -0.547. The number of fused-ring (bicyclic) bond motifs is 3. The molecule has 276 valence electrons. The second kappa shape index (κ2) is 14.7. The van der Waals surface area contributed by atoms with Crippen molar-refractivity contribution in [2.24, 2.45) is 5.92 Å². The van der Waals surface area contributed by atoms with Gasteiger partial charge in [-0.05, 0) is 68.7 Å². The number of methoxy groups -OCH3 is 1. The van der Waals surface area contributed by atoms with Crippen molar-refractivity contribution < 1.29 is 23.7 Å². The van der Waals surface area contributed by atoms with Gasteiger partial charge in [0.1, 0.15) is 23.6 Å². The van der Waals surface area contributed by atoms with Gasteiger partial charge in [0.25, 0.3) is 0 Å². The largest absolute Gasteiger partial charge is 0.461 e. The Labute approximate surface area is 304 Å². The van der Waals surface area contributed by atoms with Gasteiger partial charge in [0.05, 0.1) is 41.0 Å². The maximum absolute atomic E-state index is 17.2. The van der Waals surface area contributed by atoms with Crippen molar-refractivity contribution in [3.05, 3.63) is 34.9 Å². The van der Waals surface area contributed by atoms with Gasteiger partial charge in [0.15, 0.2) is 5.82 Å². The molecule has 13 heteroatoms. The Kier molecular flexibility index (Phi) is 10.4. The van der Waals surface area contributed by atoms with Crippen LogP contribution in [0.1, 0.15) is 84.1 Å². The van der Waals surface area contributed by atoms with E-state index < -0.39 is 11.4 Å². The first-order chi connectivity index (χ1) is 24.9. The highest BCUT2D eigenvalue weighted by Crippen LogP contribution is 2.54. The first-order valence-electron chi connectivity index (χ1n) is 18.8. The van der Waals surface area contributed by atoms with Gasteiger partial charge in [-0.15, -0.1) is 0 Å². The normalized spacial score (nSPS) is 26.4. The summed E-state index contributed by atoms with van der Waals surface area (Å²) in [5.41, 5.74) is 2.08. The Balaban J connectivity index is 0.000000983. The van der Waals surface area contributed by atoms with Gasteiger partial charge < -0.3 is 24.2 Å². The average molecular weight is 724 g/mol. The van der Waals surface area contributed by atoms with Crippen LogP contribution in [0.25, 0.3) is 33.1 Å². The summed E-state index contributed by atoms with van der Waals surface area (Å²) in [6.07, 6.45) is 9.48. The number of aromatic amines is 1. The van der Waals surface area contributed by atoms with Crippen LogP contribution >= 0.6 is 11.6 Å². The number of anilines is 1. The molecular formula is C38H51ClFN7O4. The van der Waals surface area contributed by atoms with Crippen LogP contribution in [0.2, 0.25) is 5.02 Å². The lowest BCUT2D eigenvalue weighted by molar-refractivity contribution is -0.159. The third-order valence-corrected chi connectivity index (χ3v) is 11.6. The molecule has 3 aliphatic heterocycles. The molecule has 11 nitrogen and oxygen atoms in total. The summed E-state index contributed by atoms with van der Waals surface area (Å²) in [6, 6.07) is 2.02. The van der Waals surface area contributed by atoms with Gasteiger partial charge in [0.2, 0.25) is 0 Å². The molecule has 2 N–H and O–H groups in total. The topological polar surface area (TPSA) is 122 Å². The molecule has 9 rings (SSSR count). The molecule has 6 heterocycles. The summed E-state index contributed by atoms with van der Waals surface area (Å²) in [5, 5.41) is 19.2. The predicted molar refractivity (Wildman–Crippen MR) is 197 cm³/mol. The molecule has 2 saturated carbocycles. The van der Waals surface area contributed by atoms with E-state index in [0.29, 0.717) is 79.0 Å². The van der Waals surface area contributed by atoms with Gasteiger partial charge in [-0.3, -0.25) is 15.0 Å². The quantitative estimate of drug-likeness (QED) is 0.199. The fourth-order valence-electron chi connectivity index (χ4n) is 8.92. The van der Waals surface area contributed by atoms with Crippen LogP contribution in [-0.4, -0.2) is 106 Å². The standard InChI is InChI=1S/C34H39ClFN7O4.2C2H6/c1-45-16-19-10-21(19)26-24(35)11-25-22(15-38-41-25)27(26)30-28(36)29-23(14-37-30)31(42-8-9-47-34(17-42)12-20(44)13-34)40-32(39-29)46-18-33-4-2-6-43(33)7-3-5-33;2*1-2/h11,14-15,19-21,44H,2-10,12-13,16-18H2,1H3,(H,38,41);2*1-2H3. The highest BCUT2D eigenvalue weighted by molar-refractivity contribution is 6.33. The summed E-state index contributed by atoms with van der Waals surface area (Å²) in [7, 11) is 1.69. The van der Waals surface area contributed by atoms with Gasteiger partial charge >= 0.3 is 6.01 Å². The Hall–Kier alpha value is -3.16. The van der Waals surface area contributed by atoms with Crippen molar-refractivity contribution in [1.29, 1.82) is 0 Å². The minimum absolute atomic E-state index is 0.0168. The Bertz CT molecular complexity index is 1850. The number of aliphatic hydroxyl groups excluding tert-OH is 1. The molecule has 3 aromatic heterocycles. The molecule has 5 fully saturated rings. The number of aromatic nitrogens is 5. The van der Waals surface area contributed by atoms with E-state index in [0.717, 1.165) is 56.1 Å². The molecule has 0 amide bonds. The summed E-state index contributed by atoms with van der Waals surface area (Å²) >= 11 is 6.92. The van der Waals surface area contributed by atoms with Gasteiger partial charge in [0, 0.05) is 61.8 Å². The third kappa shape index (κ3) is 6.45. The SMILES string of the molecule is CC.CC.COCC1CC1c1c(Cl)cc2[nH]ncc2c1-c1ncc2c(N3CCOC4(CC(O)C4)C3)nc(OCC34CCCN3CCC4)nc2c1F. The molecule has 2 unspecified atom stereocenters. The Morgan fingerprint density at radius 3 is 2.57 bits per heavy atom. The number of pyridine rings is 1. The highest BCUT2D eigenvalue weighted by Gasteiger charge is 2.49. The minimum Gasteiger partial charge on any atom is -0.461 e. The van der Waals surface area contributed by atoms with E-state index in [1.807, 2.05) is 33.8 Å². The van der Waals surface area contributed by atoms with Crippen molar-refractivity contribution in [3.63, 3.8) is 0 Å². The summed E-state index contributed by atoms with van der Waals surface area (Å²) in [5.74, 6) is 0.439. The lowest BCUT2D eigenvalue weighted by Crippen LogP contribution is -2.60. The zero-order chi connectivity index (χ0) is 35.9. The lowest BCUT2D eigenvalue weighted by atomic mass is 9.76. The smallest absolute Gasteiger partial charge is 0.319 e. The van der Waals surface area contributed by atoms with E-state index in [2.05, 4.69) is 20.0 Å². The van der Waals surface area contributed by atoms with Crippen LogP contribution in [0.4, 0.5) is 10.2 Å². The fourth-order valence-corrected chi connectivity index (χ4v) is 9.27. The van der Waals surface area contributed by atoms with E-state index in [9.17, 15) is 5.11 Å². The molecule has 4 aromatic rings. The molecule has 5 aliphatic rings. The Morgan fingerprint density at radius 1 is 1.08 bits per heavy atom. The zero-order valence-electron chi connectivity index (χ0n) is 30.5. The van der Waals surface area contributed by atoms with E-state index in [-0.39, 0.29) is 34.8 Å². The number of H-pyrrole nitrogens is 1. The number of hydrogen-bond acceptors (Lipinski definition) is 10. The second-order valence-electron chi connectivity index (χ2n) is 14.3. The molecule has 3 saturated heterocycles. The predicted octanol–water partition coefficient (Wildman–Crippen LogP) is 6.90. The summed E-state index contributed by atoms with van der Waals surface area (Å²) in [6.45, 7) is 12.8. The molecular weight excluding hydrogens is 673 g/mol. The first kappa shape index (κ1) is 36.2. The van der Waals surface area contributed by atoms with Crippen LogP contribution in [0, 0.1) is 11.7 Å². The molecule has 0 radical (unpaired) electrons.